The van der Waals surface area contributed by atoms with Crippen LogP contribution in [0.3, 0.4) is 0 Å². The summed E-state index contributed by atoms with van der Waals surface area (Å²) in [5.74, 6) is -1.64. The minimum atomic E-state index is -1.24. The number of carbonyl (C=O) groups is 3. The van der Waals surface area contributed by atoms with Crippen LogP contribution in [-0.2, 0) is 15.1 Å². The summed E-state index contributed by atoms with van der Waals surface area (Å²) < 4.78 is 18.3. The largest absolute Gasteiger partial charge is 0.484 e. The number of halogens is 1. The molecule has 0 saturated carbocycles. The SMILES string of the molecule is CC[C@]1(c2ccccc2)NC(=O)N(NC(=O)COc2cccc(F)c2)C1=O. The predicted molar refractivity (Wildman–Crippen MR) is 93.8 cm³/mol. The number of hydrazine groups is 1. The quantitative estimate of drug-likeness (QED) is 0.761. The number of nitrogens with zero attached hydrogens (tertiary/aromatic N) is 1. The van der Waals surface area contributed by atoms with Gasteiger partial charge in [0.15, 0.2) is 6.61 Å². The number of hydrogen-bond acceptors (Lipinski definition) is 4. The third-order valence-corrected chi connectivity index (χ3v) is 4.29. The van der Waals surface area contributed by atoms with Crippen LogP contribution in [0.4, 0.5) is 9.18 Å². The molecule has 0 spiro atoms. The molecule has 1 atom stereocenters. The van der Waals surface area contributed by atoms with E-state index in [1.54, 1.807) is 37.3 Å². The lowest BCUT2D eigenvalue weighted by Crippen LogP contribution is -2.49. The van der Waals surface area contributed by atoms with Crippen molar-refractivity contribution in [3.63, 3.8) is 0 Å². The maximum atomic E-state index is 13.1. The predicted octanol–water partition coefficient (Wildman–Crippen LogP) is 2.09. The van der Waals surface area contributed by atoms with Crippen LogP contribution in [0.2, 0.25) is 0 Å². The van der Waals surface area contributed by atoms with Crippen LogP contribution in [0.5, 0.6) is 5.75 Å². The van der Waals surface area contributed by atoms with E-state index in [1.165, 1.54) is 18.2 Å². The number of urea groups is 1. The van der Waals surface area contributed by atoms with Gasteiger partial charge < -0.3 is 10.1 Å². The van der Waals surface area contributed by atoms with Crippen molar-refractivity contribution in [3.05, 3.63) is 66.0 Å². The average Bonchev–Trinajstić information content (AvgIpc) is 2.92. The highest BCUT2D eigenvalue weighted by atomic mass is 19.1. The molecule has 2 aromatic carbocycles. The Labute approximate surface area is 155 Å². The summed E-state index contributed by atoms with van der Waals surface area (Å²) in [6, 6.07) is 13.4. The maximum absolute atomic E-state index is 13.1. The molecule has 0 radical (unpaired) electrons. The van der Waals surface area contributed by atoms with Gasteiger partial charge in [0.05, 0.1) is 0 Å². The van der Waals surface area contributed by atoms with Gasteiger partial charge in [0.25, 0.3) is 11.8 Å². The third-order valence-electron chi connectivity index (χ3n) is 4.29. The number of nitrogens with one attached hydrogen (secondary N) is 2. The Morgan fingerprint density at radius 3 is 2.59 bits per heavy atom. The lowest BCUT2D eigenvalue weighted by atomic mass is 9.87. The molecular weight excluding hydrogens is 353 g/mol. The normalized spacial score (nSPS) is 19.0. The molecule has 4 amide bonds. The molecule has 0 unspecified atom stereocenters. The first-order chi connectivity index (χ1) is 13.0. The van der Waals surface area contributed by atoms with E-state index in [2.05, 4.69) is 10.7 Å². The second-order valence-electron chi connectivity index (χ2n) is 5.98. The number of amides is 4. The highest BCUT2D eigenvalue weighted by Crippen LogP contribution is 2.31. The van der Waals surface area contributed by atoms with E-state index in [-0.39, 0.29) is 5.75 Å². The summed E-state index contributed by atoms with van der Waals surface area (Å²) in [6.07, 6.45) is 0.313. The average molecular weight is 371 g/mol. The summed E-state index contributed by atoms with van der Waals surface area (Å²) in [6.45, 7) is 1.29. The van der Waals surface area contributed by atoms with Gasteiger partial charge in [-0.25, -0.2) is 9.18 Å². The van der Waals surface area contributed by atoms with Crippen molar-refractivity contribution in [2.24, 2.45) is 0 Å². The van der Waals surface area contributed by atoms with Crippen molar-refractivity contribution in [2.75, 3.05) is 6.61 Å². The molecule has 8 heteroatoms. The molecule has 1 aliphatic rings. The molecule has 7 nitrogen and oxygen atoms in total. The van der Waals surface area contributed by atoms with Gasteiger partial charge in [0.1, 0.15) is 17.1 Å². The van der Waals surface area contributed by atoms with Crippen molar-refractivity contribution in [3.8, 4) is 5.75 Å². The number of carbonyl (C=O) groups excluding carboxylic acids is 3. The topological polar surface area (TPSA) is 87.7 Å². The van der Waals surface area contributed by atoms with Crippen LogP contribution < -0.4 is 15.5 Å². The molecular formula is C19H18FN3O4. The Balaban J connectivity index is 1.69. The van der Waals surface area contributed by atoms with Gasteiger partial charge in [0, 0.05) is 6.07 Å². The van der Waals surface area contributed by atoms with E-state index < -0.39 is 35.8 Å². The van der Waals surface area contributed by atoms with Crippen LogP contribution in [0.15, 0.2) is 54.6 Å². The van der Waals surface area contributed by atoms with E-state index in [9.17, 15) is 18.8 Å². The summed E-state index contributed by atoms with van der Waals surface area (Å²) in [5, 5.41) is 3.30. The zero-order valence-corrected chi connectivity index (χ0v) is 14.6. The van der Waals surface area contributed by atoms with E-state index >= 15 is 0 Å². The zero-order valence-electron chi connectivity index (χ0n) is 14.6. The lowest BCUT2D eigenvalue weighted by Gasteiger charge is -2.25. The fourth-order valence-corrected chi connectivity index (χ4v) is 2.90. The molecule has 2 aromatic rings. The van der Waals surface area contributed by atoms with Crippen molar-refractivity contribution in [2.45, 2.75) is 18.9 Å². The fourth-order valence-electron chi connectivity index (χ4n) is 2.90. The summed E-state index contributed by atoms with van der Waals surface area (Å²) in [7, 11) is 0. The third kappa shape index (κ3) is 3.59. The Kier molecular flexibility index (Phi) is 5.07. The first-order valence-electron chi connectivity index (χ1n) is 8.36. The molecule has 1 fully saturated rings. The number of rotatable bonds is 6. The van der Waals surface area contributed by atoms with Crippen molar-refractivity contribution in [1.82, 2.24) is 15.8 Å². The summed E-state index contributed by atoms with van der Waals surface area (Å²) >= 11 is 0. The monoisotopic (exact) mass is 371 g/mol. The Morgan fingerprint density at radius 2 is 1.93 bits per heavy atom. The van der Waals surface area contributed by atoms with E-state index in [0.29, 0.717) is 17.0 Å². The fraction of sp³-hybridized carbons (Fsp3) is 0.211. The lowest BCUT2D eigenvalue weighted by molar-refractivity contribution is -0.140. The van der Waals surface area contributed by atoms with Crippen LogP contribution in [0.25, 0.3) is 0 Å². The van der Waals surface area contributed by atoms with Crippen molar-refractivity contribution >= 4 is 17.8 Å². The van der Waals surface area contributed by atoms with Gasteiger partial charge in [-0.3, -0.25) is 15.0 Å². The van der Waals surface area contributed by atoms with Crippen molar-refractivity contribution < 1.29 is 23.5 Å². The van der Waals surface area contributed by atoms with Crippen molar-refractivity contribution in [1.29, 1.82) is 0 Å². The second kappa shape index (κ2) is 7.45. The summed E-state index contributed by atoms with van der Waals surface area (Å²) in [4.78, 5) is 37.2. The highest BCUT2D eigenvalue weighted by molar-refractivity contribution is 6.08. The zero-order chi connectivity index (χ0) is 19.4. The smallest absolute Gasteiger partial charge is 0.344 e. The minimum absolute atomic E-state index is 0.162. The Bertz CT molecular complexity index is 874. The van der Waals surface area contributed by atoms with E-state index in [1.807, 2.05) is 0 Å². The molecule has 0 aliphatic carbocycles. The van der Waals surface area contributed by atoms with Crippen LogP contribution in [0, 0.1) is 5.82 Å². The van der Waals surface area contributed by atoms with E-state index in [0.717, 1.165) is 6.07 Å². The van der Waals surface area contributed by atoms with Gasteiger partial charge >= 0.3 is 6.03 Å². The van der Waals surface area contributed by atoms with E-state index in [4.69, 9.17) is 4.74 Å². The first kappa shape index (κ1) is 18.4. The molecule has 0 aromatic heterocycles. The van der Waals surface area contributed by atoms with Crippen LogP contribution in [-0.4, -0.2) is 29.5 Å². The Morgan fingerprint density at radius 1 is 1.19 bits per heavy atom. The molecule has 1 saturated heterocycles. The van der Waals surface area contributed by atoms with Gasteiger partial charge in [-0.2, -0.15) is 5.01 Å². The molecule has 27 heavy (non-hydrogen) atoms. The van der Waals surface area contributed by atoms with Gasteiger partial charge in [-0.1, -0.05) is 43.3 Å². The standard InChI is InChI=1S/C19H18FN3O4/c1-2-19(13-7-4-3-5-8-13)17(25)23(18(26)21-19)22-16(24)12-27-15-10-6-9-14(20)11-15/h3-11H,2,12H2,1H3,(H,21,26)(H,22,24)/t19-/m1/s1. The van der Waals surface area contributed by atoms with Gasteiger partial charge in [-0.15, -0.1) is 0 Å². The molecule has 1 aliphatic heterocycles. The number of benzene rings is 2. The number of hydrogen-bond donors (Lipinski definition) is 2. The molecule has 0 bridgehead atoms. The second-order valence-corrected chi connectivity index (χ2v) is 5.98. The highest BCUT2D eigenvalue weighted by Gasteiger charge is 2.52. The molecule has 3 rings (SSSR count). The summed E-state index contributed by atoms with van der Waals surface area (Å²) in [5.41, 5.74) is 1.62. The molecule has 140 valence electrons. The van der Waals surface area contributed by atoms with Crippen LogP contribution in [0.1, 0.15) is 18.9 Å². The first-order valence-corrected chi connectivity index (χ1v) is 8.36. The van der Waals surface area contributed by atoms with Gasteiger partial charge in [0.2, 0.25) is 0 Å². The maximum Gasteiger partial charge on any atom is 0.344 e. The van der Waals surface area contributed by atoms with Crippen LogP contribution >= 0.6 is 0 Å². The number of ether oxygens (including phenoxy) is 1. The molecule has 2 N–H and O–H groups in total. The minimum Gasteiger partial charge on any atom is -0.484 e. The number of imide groups is 1. The van der Waals surface area contributed by atoms with Gasteiger partial charge in [-0.05, 0) is 24.1 Å². The Hall–Kier alpha value is -3.42. The molecule has 1 heterocycles.